The van der Waals surface area contributed by atoms with E-state index < -0.39 is 0 Å². The number of halogens is 1. The van der Waals surface area contributed by atoms with Crippen molar-refractivity contribution in [3.63, 3.8) is 0 Å². The van der Waals surface area contributed by atoms with Crippen molar-refractivity contribution in [3.8, 4) is 0 Å². The van der Waals surface area contributed by atoms with Gasteiger partial charge >= 0.3 is 0 Å². The zero-order valence-corrected chi connectivity index (χ0v) is 16.8. The number of nitrogens with zero attached hydrogens (tertiary/aromatic N) is 3. The van der Waals surface area contributed by atoms with Crippen LogP contribution < -0.4 is 10.6 Å². The van der Waals surface area contributed by atoms with E-state index >= 15 is 0 Å². The van der Waals surface area contributed by atoms with E-state index in [1.807, 2.05) is 7.05 Å². The molecule has 0 bridgehead atoms. The molecule has 24 heavy (non-hydrogen) atoms. The van der Waals surface area contributed by atoms with E-state index in [9.17, 15) is 4.79 Å². The number of guanidine groups is 1. The number of hydrogen-bond acceptors (Lipinski definition) is 4. The van der Waals surface area contributed by atoms with E-state index in [-0.39, 0.29) is 35.8 Å². The van der Waals surface area contributed by atoms with Crippen molar-refractivity contribution in [1.82, 2.24) is 20.4 Å². The molecule has 3 rings (SSSR count). The van der Waals surface area contributed by atoms with Crippen molar-refractivity contribution in [3.05, 3.63) is 0 Å². The molecule has 8 heteroatoms. The molecule has 138 valence electrons. The summed E-state index contributed by atoms with van der Waals surface area (Å²) in [4.78, 5) is 20.8. The molecule has 0 aromatic carbocycles. The molecular weight excluding hydrogens is 421 g/mol. The molecule has 1 aliphatic carbocycles. The van der Waals surface area contributed by atoms with Crippen molar-refractivity contribution in [2.45, 2.75) is 25.3 Å². The number of carbonyl (C=O) groups excluding carboxylic acids is 1. The lowest BCUT2D eigenvalue weighted by molar-refractivity contribution is -0.122. The maximum absolute atomic E-state index is 11.6. The van der Waals surface area contributed by atoms with Crippen molar-refractivity contribution in [2.75, 3.05) is 59.5 Å². The Morgan fingerprint density at radius 3 is 2.50 bits per heavy atom. The highest BCUT2D eigenvalue weighted by Gasteiger charge is 2.30. The maximum Gasteiger partial charge on any atom is 0.223 e. The second-order valence-electron chi connectivity index (χ2n) is 6.58. The van der Waals surface area contributed by atoms with Crippen molar-refractivity contribution in [2.24, 2.45) is 10.9 Å². The third-order valence-electron chi connectivity index (χ3n) is 4.89. The third-order valence-corrected chi connectivity index (χ3v) is 4.89. The molecule has 0 aromatic rings. The highest BCUT2D eigenvalue weighted by atomic mass is 127. The number of hydrogen-bond donors (Lipinski definition) is 2. The van der Waals surface area contributed by atoms with E-state index in [0.29, 0.717) is 12.6 Å². The summed E-state index contributed by atoms with van der Waals surface area (Å²) in [6, 6.07) is 0.604. The molecule has 2 saturated heterocycles. The molecule has 1 atom stereocenters. The molecule has 0 spiro atoms. The zero-order chi connectivity index (χ0) is 16.1. The summed E-state index contributed by atoms with van der Waals surface area (Å²) in [5.74, 6) is 1.43. The quantitative estimate of drug-likeness (QED) is 0.269. The number of likely N-dealkylation sites (tertiary alicyclic amines) is 1. The maximum atomic E-state index is 11.6. The Morgan fingerprint density at radius 2 is 1.83 bits per heavy atom. The number of ether oxygens (including phenoxy) is 1. The summed E-state index contributed by atoms with van der Waals surface area (Å²) < 4.78 is 5.43. The molecule has 0 radical (unpaired) electrons. The number of morpholine rings is 1. The van der Waals surface area contributed by atoms with Crippen LogP contribution in [0, 0.1) is 5.92 Å². The minimum absolute atomic E-state index is 0. The average molecular weight is 451 g/mol. The lowest BCUT2D eigenvalue weighted by atomic mass is 10.2. The molecule has 1 amide bonds. The van der Waals surface area contributed by atoms with Crippen LogP contribution in [0.25, 0.3) is 0 Å². The van der Waals surface area contributed by atoms with Gasteiger partial charge in [0.05, 0.1) is 13.2 Å². The van der Waals surface area contributed by atoms with Crippen LogP contribution in [0.4, 0.5) is 0 Å². The van der Waals surface area contributed by atoms with Crippen molar-refractivity contribution in [1.29, 1.82) is 0 Å². The first-order valence-corrected chi connectivity index (χ1v) is 8.83. The number of amides is 1. The van der Waals surface area contributed by atoms with Crippen LogP contribution in [0.1, 0.15) is 19.3 Å². The van der Waals surface area contributed by atoms with Gasteiger partial charge in [-0.05, 0) is 19.3 Å². The molecule has 0 aromatic heterocycles. The third kappa shape index (κ3) is 5.45. The first kappa shape index (κ1) is 19.7. The minimum Gasteiger partial charge on any atom is -0.379 e. The second-order valence-corrected chi connectivity index (χ2v) is 6.58. The topological polar surface area (TPSA) is 69.2 Å². The summed E-state index contributed by atoms with van der Waals surface area (Å²) in [7, 11) is 1.83. The summed E-state index contributed by atoms with van der Waals surface area (Å²) >= 11 is 0. The van der Waals surface area contributed by atoms with Gasteiger partial charge in [0.1, 0.15) is 0 Å². The molecule has 3 fully saturated rings. The molecular formula is C16H30IN5O2. The largest absolute Gasteiger partial charge is 0.379 e. The Hall–Kier alpha value is -0.610. The Bertz CT molecular complexity index is 438. The number of nitrogens with one attached hydrogen (secondary N) is 2. The molecule has 1 unspecified atom stereocenters. The Morgan fingerprint density at radius 1 is 1.12 bits per heavy atom. The van der Waals surface area contributed by atoms with Gasteiger partial charge in [0.25, 0.3) is 0 Å². The van der Waals surface area contributed by atoms with Gasteiger partial charge in [-0.3, -0.25) is 14.7 Å². The van der Waals surface area contributed by atoms with Crippen LogP contribution in [-0.2, 0) is 9.53 Å². The predicted molar refractivity (Wildman–Crippen MR) is 105 cm³/mol. The van der Waals surface area contributed by atoms with E-state index in [1.54, 1.807) is 0 Å². The Kier molecular flexibility index (Phi) is 8.02. The lowest BCUT2D eigenvalue weighted by Gasteiger charge is -2.32. The van der Waals surface area contributed by atoms with Crippen LogP contribution in [0.2, 0.25) is 0 Å². The fourth-order valence-electron chi connectivity index (χ4n) is 3.36. The van der Waals surface area contributed by atoms with Gasteiger partial charge < -0.3 is 20.3 Å². The summed E-state index contributed by atoms with van der Waals surface area (Å²) in [5.41, 5.74) is 0. The monoisotopic (exact) mass is 451 g/mol. The Labute approximate surface area is 161 Å². The van der Waals surface area contributed by atoms with E-state index in [4.69, 9.17) is 4.74 Å². The van der Waals surface area contributed by atoms with Gasteiger partial charge in [0, 0.05) is 58.3 Å². The van der Waals surface area contributed by atoms with Crippen LogP contribution in [0.3, 0.4) is 0 Å². The van der Waals surface area contributed by atoms with E-state index in [1.165, 1.54) is 6.42 Å². The number of aliphatic imine (C=N–C) groups is 1. The first-order valence-electron chi connectivity index (χ1n) is 8.83. The standard InChI is InChI=1S/C16H29N5O2.HI/c1-17-16(19-6-5-18-15(22)13-2-3-13)21-7-4-14(12-21)20-8-10-23-11-9-20;/h13-14H,2-12H2,1H3,(H,17,19)(H,18,22);1H. The SMILES string of the molecule is CN=C(NCCNC(=O)C1CC1)N1CCC(N2CCOCC2)C1.I. The number of rotatable bonds is 5. The van der Waals surface area contributed by atoms with E-state index in [2.05, 4.69) is 25.4 Å². The van der Waals surface area contributed by atoms with Gasteiger partial charge in [-0.1, -0.05) is 0 Å². The highest BCUT2D eigenvalue weighted by molar-refractivity contribution is 14.0. The van der Waals surface area contributed by atoms with E-state index in [0.717, 1.165) is 64.7 Å². The minimum atomic E-state index is 0. The van der Waals surface area contributed by atoms with Gasteiger partial charge in [-0.15, -0.1) is 24.0 Å². The van der Waals surface area contributed by atoms with Gasteiger partial charge in [0.15, 0.2) is 5.96 Å². The summed E-state index contributed by atoms with van der Waals surface area (Å²) in [6.45, 7) is 7.23. The zero-order valence-electron chi connectivity index (χ0n) is 14.5. The van der Waals surface area contributed by atoms with Gasteiger partial charge in [0.2, 0.25) is 5.91 Å². The Balaban J connectivity index is 0.00000208. The average Bonchev–Trinajstić information content (AvgIpc) is 3.33. The van der Waals surface area contributed by atoms with Crippen molar-refractivity contribution >= 4 is 35.8 Å². The predicted octanol–water partition coefficient (Wildman–Crippen LogP) is 0.113. The summed E-state index contributed by atoms with van der Waals surface area (Å²) in [6.07, 6.45) is 3.29. The molecule has 7 nitrogen and oxygen atoms in total. The first-order chi connectivity index (χ1) is 11.3. The van der Waals surface area contributed by atoms with Gasteiger partial charge in [-0.25, -0.2) is 0 Å². The van der Waals surface area contributed by atoms with Crippen LogP contribution in [0.15, 0.2) is 4.99 Å². The number of carbonyl (C=O) groups is 1. The lowest BCUT2D eigenvalue weighted by Crippen LogP contribution is -2.47. The molecule has 3 aliphatic rings. The summed E-state index contributed by atoms with van der Waals surface area (Å²) in [5, 5.41) is 6.35. The smallest absolute Gasteiger partial charge is 0.223 e. The fourth-order valence-corrected chi connectivity index (χ4v) is 3.36. The molecule has 2 heterocycles. The molecule has 2 N–H and O–H groups in total. The molecule has 2 aliphatic heterocycles. The normalized spacial score (nSPS) is 25.3. The highest BCUT2D eigenvalue weighted by Crippen LogP contribution is 2.28. The van der Waals surface area contributed by atoms with Crippen molar-refractivity contribution < 1.29 is 9.53 Å². The van der Waals surface area contributed by atoms with Crippen LogP contribution in [0.5, 0.6) is 0 Å². The second kappa shape index (κ2) is 9.76. The van der Waals surface area contributed by atoms with Crippen LogP contribution in [-0.4, -0.2) is 87.2 Å². The molecule has 1 saturated carbocycles. The fraction of sp³-hybridized carbons (Fsp3) is 0.875. The van der Waals surface area contributed by atoms with Crippen LogP contribution >= 0.6 is 24.0 Å². The van der Waals surface area contributed by atoms with Gasteiger partial charge in [-0.2, -0.15) is 0 Å².